The molecule has 0 bridgehead atoms. The highest BCUT2D eigenvalue weighted by atomic mass is 127. The Bertz CT molecular complexity index is 96.8. The van der Waals surface area contributed by atoms with Gasteiger partial charge in [-0.1, -0.05) is 0 Å². The number of guanidine groups is 1. The van der Waals surface area contributed by atoms with Gasteiger partial charge in [0.25, 0.3) is 0 Å². The molecule has 0 amide bonds. The van der Waals surface area contributed by atoms with E-state index in [1.54, 1.807) is 0 Å². The molecule has 1 aliphatic heterocycles. The van der Waals surface area contributed by atoms with Crippen molar-refractivity contribution in [2.75, 3.05) is 6.54 Å². The van der Waals surface area contributed by atoms with Crippen LogP contribution in [0.15, 0.2) is 0 Å². The van der Waals surface area contributed by atoms with Crippen molar-refractivity contribution >= 4 is 29.9 Å². The minimum absolute atomic E-state index is 0. The van der Waals surface area contributed by atoms with Crippen LogP contribution in [0.2, 0.25) is 0 Å². The summed E-state index contributed by atoms with van der Waals surface area (Å²) in [6.07, 6.45) is 2.75. The third-order valence-electron chi connectivity index (χ3n) is 1.31. The van der Waals surface area contributed by atoms with Crippen molar-refractivity contribution in [3.05, 3.63) is 0 Å². The Morgan fingerprint density at radius 3 is 2.09 bits per heavy atom. The highest BCUT2D eigenvalue weighted by Crippen LogP contribution is 2.01. The first kappa shape index (κ1) is 13.5. The number of nitrogens with one attached hydrogen (secondary N) is 2. The van der Waals surface area contributed by atoms with E-state index < -0.39 is 0 Å². The van der Waals surface area contributed by atoms with Crippen LogP contribution in [0, 0.1) is 5.41 Å². The molecule has 0 saturated carbocycles. The molecule has 0 aromatic rings. The van der Waals surface area contributed by atoms with Crippen LogP contribution in [0.4, 0.5) is 0 Å². The molecule has 1 fully saturated rings. The summed E-state index contributed by atoms with van der Waals surface area (Å²) < 4.78 is 0. The molecule has 0 aliphatic carbocycles. The molecule has 1 saturated heterocycles. The van der Waals surface area contributed by atoms with Gasteiger partial charge in [-0.05, 0) is 26.3 Å². The minimum atomic E-state index is -0.333. The van der Waals surface area contributed by atoms with Gasteiger partial charge in [0.15, 0.2) is 5.96 Å². The Morgan fingerprint density at radius 2 is 2.00 bits per heavy atom. The van der Waals surface area contributed by atoms with Gasteiger partial charge >= 0.3 is 0 Å². The van der Waals surface area contributed by atoms with Gasteiger partial charge < -0.3 is 16.8 Å². The van der Waals surface area contributed by atoms with Crippen LogP contribution in [-0.4, -0.2) is 18.5 Å². The Morgan fingerprint density at radius 1 is 1.55 bits per heavy atom. The van der Waals surface area contributed by atoms with E-state index in [1.807, 2.05) is 0 Å². The van der Waals surface area contributed by atoms with Crippen molar-refractivity contribution < 1.29 is 0 Å². The van der Waals surface area contributed by atoms with Crippen LogP contribution >= 0.6 is 24.0 Å². The quantitative estimate of drug-likeness (QED) is 0.289. The number of hydrogen-bond acceptors (Lipinski definition) is 2. The second kappa shape index (κ2) is 8.06. The number of halogens is 1. The third kappa shape index (κ3) is 13.0. The van der Waals surface area contributed by atoms with E-state index in [0.29, 0.717) is 0 Å². The minimum Gasteiger partial charge on any atom is -0.370 e. The van der Waals surface area contributed by atoms with E-state index in [9.17, 15) is 0 Å². The molecule has 1 heterocycles. The molecule has 11 heavy (non-hydrogen) atoms. The lowest BCUT2D eigenvalue weighted by Crippen LogP contribution is -2.20. The average molecular weight is 272 g/mol. The molecule has 4 nitrogen and oxygen atoms in total. The van der Waals surface area contributed by atoms with Gasteiger partial charge in [-0.3, -0.25) is 5.41 Å². The normalized spacial score (nSPS) is 21.0. The van der Waals surface area contributed by atoms with Gasteiger partial charge in [-0.2, -0.15) is 0 Å². The molecule has 0 aromatic heterocycles. The molecule has 1 unspecified atom stereocenters. The van der Waals surface area contributed by atoms with E-state index in [1.165, 1.54) is 19.4 Å². The fourth-order valence-electron chi connectivity index (χ4n) is 0.859. The van der Waals surface area contributed by atoms with Gasteiger partial charge in [0, 0.05) is 6.04 Å². The first-order valence-electron chi connectivity index (χ1n) is 3.46. The second-order valence-corrected chi connectivity index (χ2v) is 2.45. The fraction of sp³-hybridized carbons (Fsp3) is 0.833. The van der Waals surface area contributed by atoms with Gasteiger partial charge in [-0.15, -0.1) is 24.0 Å². The Hall–Kier alpha value is -0.0400. The zero-order valence-electron chi connectivity index (χ0n) is 6.76. The summed E-state index contributed by atoms with van der Waals surface area (Å²) in [4.78, 5) is 0. The summed E-state index contributed by atoms with van der Waals surface area (Å²) in [6, 6.07) is 0.796. The maximum Gasteiger partial charge on any atom is 0.183 e. The maximum absolute atomic E-state index is 6.06. The summed E-state index contributed by atoms with van der Waals surface area (Å²) in [5.41, 5.74) is 8.94. The topological polar surface area (TPSA) is 87.9 Å². The van der Waals surface area contributed by atoms with Crippen LogP contribution < -0.4 is 16.8 Å². The summed E-state index contributed by atoms with van der Waals surface area (Å²) in [7, 11) is 0. The van der Waals surface area contributed by atoms with Crippen LogP contribution in [0.5, 0.6) is 0 Å². The van der Waals surface area contributed by atoms with E-state index >= 15 is 0 Å². The molecule has 1 atom stereocenters. The first-order chi connectivity index (χ1) is 4.63. The molecule has 1 aliphatic rings. The smallest absolute Gasteiger partial charge is 0.183 e. The zero-order chi connectivity index (χ0) is 7.98. The SMILES string of the molecule is CC1CCCN1.I.N=C(N)N. The highest BCUT2D eigenvalue weighted by Gasteiger charge is 2.05. The molecule has 0 aromatic carbocycles. The van der Waals surface area contributed by atoms with Crippen molar-refractivity contribution in [2.45, 2.75) is 25.8 Å². The maximum atomic E-state index is 6.06. The van der Waals surface area contributed by atoms with E-state index in [4.69, 9.17) is 5.41 Å². The lowest BCUT2D eigenvalue weighted by atomic mass is 10.3. The van der Waals surface area contributed by atoms with E-state index in [0.717, 1.165) is 6.04 Å². The number of nitrogens with two attached hydrogens (primary N) is 2. The van der Waals surface area contributed by atoms with E-state index in [2.05, 4.69) is 23.7 Å². The predicted octanol–water partition coefficient (Wildman–Crippen LogP) is 0.215. The van der Waals surface area contributed by atoms with Crippen molar-refractivity contribution in [1.82, 2.24) is 5.32 Å². The van der Waals surface area contributed by atoms with E-state index in [-0.39, 0.29) is 29.9 Å². The zero-order valence-corrected chi connectivity index (χ0v) is 9.09. The van der Waals surface area contributed by atoms with Crippen molar-refractivity contribution in [3.8, 4) is 0 Å². The van der Waals surface area contributed by atoms with Gasteiger partial charge in [0.1, 0.15) is 0 Å². The van der Waals surface area contributed by atoms with Crippen LogP contribution in [0.1, 0.15) is 19.8 Å². The van der Waals surface area contributed by atoms with Gasteiger partial charge in [0.2, 0.25) is 0 Å². The highest BCUT2D eigenvalue weighted by molar-refractivity contribution is 14.0. The fourth-order valence-corrected chi connectivity index (χ4v) is 0.859. The Kier molecular flexibility index (Phi) is 9.92. The molecule has 68 valence electrons. The number of hydrogen-bond donors (Lipinski definition) is 4. The lowest BCUT2D eigenvalue weighted by Gasteiger charge is -1.95. The molecular weight excluding hydrogens is 255 g/mol. The molecular formula is C6H17IN4. The van der Waals surface area contributed by atoms with Crippen molar-refractivity contribution in [2.24, 2.45) is 11.5 Å². The predicted molar refractivity (Wildman–Crippen MR) is 58.2 cm³/mol. The second-order valence-electron chi connectivity index (χ2n) is 2.45. The molecule has 0 spiro atoms. The Labute approximate surface area is 84.6 Å². The van der Waals surface area contributed by atoms with Gasteiger partial charge in [0.05, 0.1) is 0 Å². The van der Waals surface area contributed by atoms with Crippen molar-refractivity contribution in [3.63, 3.8) is 0 Å². The summed E-state index contributed by atoms with van der Waals surface area (Å²) in [5, 5.41) is 9.38. The summed E-state index contributed by atoms with van der Waals surface area (Å²) >= 11 is 0. The van der Waals surface area contributed by atoms with Crippen molar-refractivity contribution in [1.29, 1.82) is 5.41 Å². The van der Waals surface area contributed by atoms with Crippen LogP contribution in [-0.2, 0) is 0 Å². The summed E-state index contributed by atoms with van der Waals surface area (Å²) in [5.74, 6) is -0.333. The third-order valence-corrected chi connectivity index (χ3v) is 1.31. The molecule has 6 N–H and O–H groups in total. The van der Waals surface area contributed by atoms with Crippen LogP contribution in [0.3, 0.4) is 0 Å². The lowest BCUT2D eigenvalue weighted by molar-refractivity contribution is 0.664. The standard InChI is InChI=1S/C5H11N.CH5N3.HI/c1-5-3-2-4-6-5;2-1(3)4;/h5-6H,2-4H2,1H3;(H5,2,3,4);1H. The monoisotopic (exact) mass is 272 g/mol. The van der Waals surface area contributed by atoms with Crippen LogP contribution in [0.25, 0.3) is 0 Å². The molecule has 0 radical (unpaired) electrons. The van der Waals surface area contributed by atoms with Gasteiger partial charge in [-0.25, -0.2) is 0 Å². The first-order valence-corrected chi connectivity index (χ1v) is 3.46. The number of rotatable bonds is 0. The summed E-state index contributed by atoms with van der Waals surface area (Å²) in [6.45, 7) is 3.47. The average Bonchev–Trinajstić information content (AvgIpc) is 2.15. The molecule has 1 rings (SSSR count). The Balaban J connectivity index is 0. The largest absolute Gasteiger partial charge is 0.370 e. The molecule has 5 heteroatoms.